The lowest BCUT2D eigenvalue weighted by atomic mass is 10.1. The van der Waals surface area contributed by atoms with Crippen LogP contribution in [0.4, 0.5) is 0 Å². The molecule has 0 aliphatic carbocycles. The minimum absolute atomic E-state index is 0.0244. The number of halogens is 1. The molecule has 3 nitrogen and oxygen atoms in total. The normalized spacial score (nSPS) is 19.1. The molecule has 1 amide bonds. The van der Waals surface area contributed by atoms with Gasteiger partial charge < -0.3 is 4.90 Å². The highest BCUT2D eigenvalue weighted by Crippen LogP contribution is 2.18. The molecule has 4 heteroatoms. The Labute approximate surface area is 106 Å². The predicted octanol–water partition coefficient (Wildman–Crippen LogP) is 2.40. The van der Waals surface area contributed by atoms with Gasteiger partial charge in [0.15, 0.2) is 0 Å². The van der Waals surface area contributed by atoms with Crippen LogP contribution in [-0.4, -0.2) is 23.4 Å². The summed E-state index contributed by atoms with van der Waals surface area (Å²) < 4.78 is 0. The molecule has 1 aromatic rings. The van der Waals surface area contributed by atoms with Crippen molar-refractivity contribution in [3.8, 4) is 6.07 Å². The van der Waals surface area contributed by atoms with Gasteiger partial charge in [-0.15, -0.1) is 0 Å². The van der Waals surface area contributed by atoms with Gasteiger partial charge in [-0.05, 0) is 30.5 Å². The van der Waals surface area contributed by atoms with Gasteiger partial charge >= 0.3 is 0 Å². The van der Waals surface area contributed by atoms with Crippen molar-refractivity contribution < 1.29 is 4.79 Å². The number of amides is 1. The number of carbonyl (C=O) groups excluding carboxylic acids is 1. The smallest absolute Gasteiger partial charge is 0.228 e. The standard InChI is InChI=1S/C13H13ClN2O/c14-11-5-3-10(4-6-11)8-13(17)16-7-1-2-12(16)9-15/h3-6,12H,1-2,7-8H2. The summed E-state index contributed by atoms with van der Waals surface area (Å²) in [6.07, 6.45) is 2.06. The summed E-state index contributed by atoms with van der Waals surface area (Å²) in [5.74, 6) is 0.0244. The molecule has 1 atom stereocenters. The van der Waals surface area contributed by atoms with E-state index in [1.54, 1.807) is 17.0 Å². The average Bonchev–Trinajstić information content (AvgIpc) is 2.80. The van der Waals surface area contributed by atoms with Crippen molar-refractivity contribution in [2.75, 3.05) is 6.54 Å². The van der Waals surface area contributed by atoms with E-state index in [1.807, 2.05) is 12.1 Å². The molecular weight excluding hydrogens is 236 g/mol. The number of hydrogen-bond acceptors (Lipinski definition) is 2. The lowest BCUT2D eigenvalue weighted by molar-refractivity contribution is -0.130. The molecule has 0 bridgehead atoms. The van der Waals surface area contributed by atoms with E-state index in [2.05, 4.69) is 6.07 Å². The van der Waals surface area contributed by atoms with Crippen molar-refractivity contribution in [1.29, 1.82) is 5.26 Å². The lowest BCUT2D eigenvalue weighted by Crippen LogP contribution is -2.35. The quantitative estimate of drug-likeness (QED) is 0.807. The number of hydrogen-bond donors (Lipinski definition) is 0. The van der Waals surface area contributed by atoms with Crippen LogP contribution in [0.15, 0.2) is 24.3 Å². The van der Waals surface area contributed by atoms with E-state index >= 15 is 0 Å². The molecule has 1 aliphatic heterocycles. The van der Waals surface area contributed by atoms with Crippen molar-refractivity contribution in [3.63, 3.8) is 0 Å². The summed E-state index contributed by atoms with van der Waals surface area (Å²) in [6.45, 7) is 0.699. The van der Waals surface area contributed by atoms with E-state index in [1.165, 1.54) is 0 Å². The average molecular weight is 249 g/mol. The van der Waals surface area contributed by atoms with Gasteiger partial charge in [0.1, 0.15) is 6.04 Å². The fraction of sp³-hybridized carbons (Fsp3) is 0.385. The Morgan fingerprint density at radius 2 is 2.18 bits per heavy atom. The van der Waals surface area contributed by atoms with Crippen LogP contribution in [0.2, 0.25) is 5.02 Å². The minimum Gasteiger partial charge on any atom is -0.326 e. The molecule has 0 saturated carbocycles. The second kappa shape index (κ2) is 5.20. The van der Waals surface area contributed by atoms with Crippen molar-refractivity contribution in [3.05, 3.63) is 34.9 Å². The lowest BCUT2D eigenvalue weighted by Gasteiger charge is -2.19. The molecule has 0 aromatic heterocycles. The minimum atomic E-state index is -0.241. The van der Waals surface area contributed by atoms with Crippen LogP contribution in [0.1, 0.15) is 18.4 Å². The SMILES string of the molecule is N#CC1CCCN1C(=O)Cc1ccc(Cl)cc1. The fourth-order valence-electron chi connectivity index (χ4n) is 2.08. The van der Waals surface area contributed by atoms with Gasteiger partial charge in [-0.25, -0.2) is 0 Å². The summed E-state index contributed by atoms with van der Waals surface area (Å²) in [4.78, 5) is 13.7. The first kappa shape index (κ1) is 11.9. The highest BCUT2D eigenvalue weighted by molar-refractivity contribution is 6.30. The first-order valence-electron chi connectivity index (χ1n) is 5.64. The first-order chi connectivity index (χ1) is 8.20. The van der Waals surface area contributed by atoms with Gasteiger partial charge in [0.05, 0.1) is 12.5 Å². The van der Waals surface area contributed by atoms with E-state index in [4.69, 9.17) is 16.9 Å². The third-order valence-corrected chi connectivity index (χ3v) is 3.24. The largest absolute Gasteiger partial charge is 0.326 e. The predicted molar refractivity (Wildman–Crippen MR) is 65.5 cm³/mol. The van der Waals surface area contributed by atoms with Crippen LogP contribution in [0.5, 0.6) is 0 Å². The number of nitriles is 1. The Hall–Kier alpha value is -1.53. The maximum Gasteiger partial charge on any atom is 0.228 e. The number of carbonyl (C=O) groups is 1. The van der Waals surface area contributed by atoms with E-state index in [9.17, 15) is 4.79 Å². The van der Waals surface area contributed by atoms with Crippen LogP contribution in [0.3, 0.4) is 0 Å². The van der Waals surface area contributed by atoms with E-state index in [0.717, 1.165) is 18.4 Å². The van der Waals surface area contributed by atoms with E-state index in [-0.39, 0.29) is 11.9 Å². The molecule has 0 spiro atoms. The van der Waals surface area contributed by atoms with E-state index < -0.39 is 0 Å². The second-order valence-electron chi connectivity index (χ2n) is 4.18. The summed E-state index contributed by atoms with van der Waals surface area (Å²) in [7, 11) is 0. The monoisotopic (exact) mass is 248 g/mol. The third-order valence-electron chi connectivity index (χ3n) is 2.99. The molecular formula is C13H13ClN2O. The molecule has 1 aliphatic rings. The summed E-state index contributed by atoms with van der Waals surface area (Å²) in [5.41, 5.74) is 0.933. The Morgan fingerprint density at radius 3 is 2.82 bits per heavy atom. The van der Waals surface area contributed by atoms with E-state index in [0.29, 0.717) is 18.0 Å². The van der Waals surface area contributed by atoms with Gasteiger partial charge in [0.25, 0.3) is 0 Å². The highest BCUT2D eigenvalue weighted by atomic mass is 35.5. The van der Waals surface area contributed by atoms with Crippen molar-refractivity contribution in [1.82, 2.24) is 4.90 Å². The number of benzene rings is 1. The molecule has 17 heavy (non-hydrogen) atoms. The van der Waals surface area contributed by atoms with Gasteiger partial charge in [0, 0.05) is 11.6 Å². The Kier molecular flexibility index (Phi) is 3.65. The van der Waals surface area contributed by atoms with Crippen LogP contribution >= 0.6 is 11.6 Å². The molecule has 1 unspecified atom stereocenters. The number of rotatable bonds is 2. The van der Waals surface area contributed by atoms with Crippen LogP contribution < -0.4 is 0 Å². The molecule has 1 saturated heterocycles. The van der Waals surface area contributed by atoms with Gasteiger partial charge in [-0.3, -0.25) is 4.79 Å². The van der Waals surface area contributed by atoms with Gasteiger partial charge in [-0.1, -0.05) is 23.7 Å². The van der Waals surface area contributed by atoms with Crippen molar-refractivity contribution >= 4 is 17.5 Å². The molecule has 0 radical (unpaired) electrons. The van der Waals surface area contributed by atoms with Crippen molar-refractivity contribution in [2.24, 2.45) is 0 Å². The summed E-state index contributed by atoms with van der Waals surface area (Å²) in [5, 5.41) is 9.59. The zero-order chi connectivity index (χ0) is 12.3. The molecule has 88 valence electrons. The molecule has 1 heterocycles. The highest BCUT2D eigenvalue weighted by Gasteiger charge is 2.28. The van der Waals surface area contributed by atoms with Crippen molar-refractivity contribution in [2.45, 2.75) is 25.3 Å². The zero-order valence-electron chi connectivity index (χ0n) is 9.40. The number of nitrogens with zero attached hydrogens (tertiary/aromatic N) is 2. The molecule has 2 rings (SSSR count). The molecule has 0 N–H and O–H groups in total. The van der Waals surface area contributed by atoms with Gasteiger partial charge in [0.2, 0.25) is 5.91 Å². The fourth-order valence-corrected chi connectivity index (χ4v) is 2.20. The van der Waals surface area contributed by atoms with Crippen LogP contribution in [0, 0.1) is 11.3 Å². The second-order valence-corrected chi connectivity index (χ2v) is 4.61. The molecule has 1 fully saturated rings. The zero-order valence-corrected chi connectivity index (χ0v) is 10.2. The summed E-state index contributed by atoms with van der Waals surface area (Å²) in [6, 6.07) is 9.17. The Balaban J connectivity index is 2.02. The third kappa shape index (κ3) is 2.78. The molecule has 1 aromatic carbocycles. The Bertz CT molecular complexity index is 449. The number of likely N-dealkylation sites (tertiary alicyclic amines) is 1. The van der Waals surface area contributed by atoms with Gasteiger partial charge in [-0.2, -0.15) is 5.26 Å². The summed E-state index contributed by atoms with van der Waals surface area (Å²) >= 11 is 5.78. The van der Waals surface area contributed by atoms with Crippen LogP contribution in [0.25, 0.3) is 0 Å². The van der Waals surface area contributed by atoms with Crippen LogP contribution in [-0.2, 0) is 11.2 Å². The maximum atomic E-state index is 12.0. The maximum absolute atomic E-state index is 12.0. The topological polar surface area (TPSA) is 44.1 Å². The Morgan fingerprint density at radius 1 is 1.47 bits per heavy atom. The first-order valence-corrected chi connectivity index (χ1v) is 6.02.